The van der Waals surface area contributed by atoms with Gasteiger partial charge in [0.15, 0.2) is 11.6 Å². The van der Waals surface area contributed by atoms with Crippen molar-refractivity contribution in [1.29, 1.82) is 0 Å². The Hall–Kier alpha value is -3.36. The quantitative estimate of drug-likeness (QED) is 0.497. The van der Waals surface area contributed by atoms with Crippen molar-refractivity contribution < 1.29 is 9.45 Å². The van der Waals surface area contributed by atoms with Crippen molar-refractivity contribution in [2.24, 2.45) is 0 Å². The zero-order chi connectivity index (χ0) is 19.4. The zero-order valence-corrected chi connectivity index (χ0v) is 15.3. The van der Waals surface area contributed by atoms with Crippen LogP contribution in [0.1, 0.15) is 37.2 Å². The third-order valence-electron chi connectivity index (χ3n) is 3.81. The van der Waals surface area contributed by atoms with E-state index in [-0.39, 0.29) is 11.6 Å². The summed E-state index contributed by atoms with van der Waals surface area (Å²) in [5, 5.41) is 18.1. The second kappa shape index (κ2) is 7.90. The molecule has 0 aliphatic rings. The van der Waals surface area contributed by atoms with Gasteiger partial charge in [0.1, 0.15) is 5.82 Å². The van der Waals surface area contributed by atoms with E-state index in [1.807, 2.05) is 26.8 Å². The molecule has 0 saturated heterocycles. The summed E-state index contributed by atoms with van der Waals surface area (Å²) in [4.78, 5) is 23.7. The van der Waals surface area contributed by atoms with Gasteiger partial charge in [-0.2, -0.15) is 4.98 Å². The van der Waals surface area contributed by atoms with Crippen LogP contribution in [0.4, 0.5) is 11.5 Å². The number of rotatable bonds is 7. The van der Waals surface area contributed by atoms with E-state index >= 15 is 0 Å². The van der Waals surface area contributed by atoms with Gasteiger partial charge in [-0.15, -0.1) is 0 Å². The van der Waals surface area contributed by atoms with Crippen LogP contribution in [0.3, 0.4) is 0 Å². The fourth-order valence-corrected chi connectivity index (χ4v) is 2.45. The second-order valence-electron chi connectivity index (χ2n) is 6.40. The van der Waals surface area contributed by atoms with Gasteiger partial charge in [0.05, 0.1) is 4.92 Å². The van der Waals surface area contributed by atoms with E-state index in [4.69, 9.17) is 4.52 Å². The van der Waals surface area contributed by atoms with Crippen molar-refractivity contribution in [3.8, 4) is 11.4 Å². The molecule has 27 heavy (non-hydrogen) atoms. The molecule has 0 fully saturated rings. The van der Waals surface area contributed by atoms with Crippen molar-refractivity contribution in [1.82, 2.24) is 20.1 Å². The fraction of sp³-hybridized carbons (Fsp3) is 0.333. The van der Waals surface area contributed by atoms with Gasteiger partial charge < -0.3 is 9.84 Å². The number of hydrogen-bond acceptors (Lipinski definition) is 8. The van der Waals surface area contributed by atoms with Gasteiger partial charge in [-0.3, -0.25) is 10.1 Å². The lowest BCUT2D eigenvalue weighted by Gasteiger charge is -2.08. The van der Waals surface area contributed by atoms with E-state index in [1.165, 1.54) is 12.1 Å². The average Bonchev–Trinajstić information content (AvgIpc) is 3.10. The molecule has 140 valence electrons. The molecular formula is C18H20N6O3. The second-order valence-corrected chi connectivity index (χ2v) is 6.40. The minimum atomic E-state index is -0.436. The Bertz CT molecular complexity index is 954. The normalized spacial score (nSPS) is 11.0. The van der Waals surface area contributed by atoms with Crippen molar-refractivity contribution in [3.05, 3.63) is 57.9 Å². The molecule has 9 nitrogen and oxygen atoms in total. The molecule has 0 bridgehead atoms. The van der Waals surface area contributed by atoms with Crippen molar-refractivity contribution in [2.45, 2.75) is 33.1 Å². The number of anilines is 1. The number of hydrogen-bond donors (Lipinski definition) is 1. The van der Waals surface area contributed by atoms with Crippen molar-refractivity contribution in [2.75, 3.05) is 11.9 Å². The van der Waals surface area contributed by atoms with Gasteiger partial charge in [0, 0.05) is 48.3 Å². The monoisotopic (exact) mass is 368 g/mol. The third-order valence-corrected chi connectivity index (χ3v) is 3.81. The predicted octanol–water partition coefficient (Wildman–Crippen LogP) is 3.52. The number of benzene rings is 1. The summed E-state index contributed by atoms with van der Waals surface area (Å²) in [6.45, 7) is 6.42. The lowest BCUT2D eigenvalue weighted by molar-refractivity contribution is -0.384. The number of aryl methyl sites for hydroxylation is 1. The Morgan fingerprint density at radius 1 is 1.22 bits per heavy atom. The molecule has 0 unspecified atom stereocenters. The van der Waals surface area contributed by atoms with Crippen LogP contribution in [0.25, 0.3) is 11.4 Å². The van der Waals surface area contributed by atoms with Gasteiger partial charge in [-0.1, -0.05) is 31.1 Å². The first kappa shape index (κ1) is 18.4. The first-order chi connectivity index (χ1) is 12.9. The fourth-order valence-electron chi connectivity index (χ4n) is 2.45. The maximum atomic E-state index is 11.0. The van der Waals surface area contributed by atoms with E-state index < -0.39 is 4.92 Å². The minimum absolute atomic E-state index is 0.00413. The highest BCUT2D eigenvalue weighted by Crippen LogP contribution is 2.22. The van der Waals surface area contributed by atoms with E-state index in [2.05, 4.69) is 25.4 Å². The van der Waals surface area contributed by atoms with Gasteiger partial charge in [-0.05, 0) is 6.92 Å². The lowest BCUT2D eigenvalue weighted by atomic mass is 10.2. The van der Waals surface area contributed by atoms with Crippen LogP contribution in [-0.4, -0.2) is 31.6 Å². The smallest absolute Gasteiger partial charge is 0.270 e. The number of nitro benzene ring substituents is 1. The molecule has 0 aliphatic heterocycles. The summed E-state index contributed by atoms with van der Waals surface area (Å²) in [5.74, 6) is 2.54. The minimum Gasteiger partial charge on any atom is -0.369 e. The number of nitrogens with zero attached hydrogens (tertiary/aromatic N) is 5. The highest BCUT2D eigenvalue weighted by molar-refractivity contribution is 5.61. The molecule has 0 aliphatic carbocycles. The number of aromatic nitrogens is 4. The topological polar surface area (TPSA) is 120 Å². The van der Waals surface area contributed by atoms with Gasteiger partial charge in [0.25, 0.3) is 5.69 Å². The average molecular weight is 368 g/mol. The van der Waals surface area contributed by atoms with E-state index in [1.54, 1.807) is 12.1 Å². The first-order valence-electron chi connectivity index (χ1n) is 8.59. The molecule has 0 radical (unpaired) electrons. The number of nitrogens with one attached hydrogen (secondary N) is 1. The van der Waals surface area contributed by atoms with Gasteiger partial charge in [0.2, 0.25) is 5.89 Å². The molecule has 1 aromatic carbocycles. The molecule has 2 aromatic heterocycles. The number of nitro groups is 1. The molecule has 3 rings (SSSR count). The molecule has 1 N–H and O–H groups in total. The molecular weight excluding hydrogens is 348 g/mol. The van der Waals surface area contributed by atoms with Crippen molar-refractivity contribution >= 4 is 11.5 Å². The summed E-state index contributed by atoms with van der Waals surface area (Å²) in [5.41, 5.74) is 1.35. The molecule has 3 aromatic rings. The Labute approximate surface area is 156 Å². The molecule has 9 heteroatoms. The van der Waals surface area contributed by atoms with Crippen LogP contribution < -0.4 is 5.32 Å². The van der Waals surface area contributed by atoms with Crippen LogP contribution in [0.5, 0.6) is 0 Å². The molecule has 0 atom stereocenters. The van der Waals surface area contributed by atoms with Crippen LogP contribution in [0, 0.1) is 17.0 Å². The Balaban J connectivity index is 1.71. The predicted molar refractivity (Wildman–Crippen MR) is 99.4 cm³/mol. The zero-order valence-electron chi connectivity index (χ0n) is 15.3. The highest BCUT2D eigenvalue weighted by Gasteiger charge is 2.12. The Kier molecular flexibility index (Phi) is 5.39. The summed E-state index contributed by atoms with van der Waals surface area (Å²) in [6.07, 6.45) is 0.564. The molecule has 2 heterocycles. The first-order valence-corrected chi connectivity index (χ1v) is 8.59. The van der Waals surface area contributed by atoms with Crippen LogP contribution in [-0.2, 0) is 6.42 Å². The largest absolute Gasteiger partial charge is 0.369 e. The standard InChI is InChI=1S/C18H20N6O3/c1-11(2)17-22-16(27-23-17)7-8-19-15-9-12(3)20-18(21-15)13-5-4-6-14(10-13)24(25)26/h4-6,9-11H,7-8H2,1-3H3,(H,19,20,21). The summed E-state index contributed by atoms with van der Waals surface area (Å²) < 4.78 is 5.22. The molecule has 0 amide bonds. The summed E-state index contributed by atoms with van der Waals surface area (Å²) in [6, 6.07) is 8.08. The van der Waals surface area contributed by atoms with Gasteiger partial charge in [-0.25, -0.2) is 9.97 Å². The maximum absolute atomic E-state index is 11.0. The molecule has 0 spiro atoms. The van der Waals surface area contributed by atoms with Crippen LogP contribution in [0.15, 0.2) is 34.9 Å². The van der Waals surface area contributed by atoms with Crippen molar-refractivity contribution in [3.63, 3.8) is 0 Å². The highest BCUT2D eigenvalue weighted by atomic mass is 16.6. The number of non-ortho nitro benzene ring substituents is 1. The summed E-state index contributed by atoms with van der Waals surface area (Å²) in [7, 11) is 0. The van der Waals surface area contributed by atoms with Crippen LogP contribution in [0.2, 0.25) is 0 Å². The van der Waals surface area contributed by atoms with Crippen LogP contribution >= 0.6 is 0 Å². The Morgan fingerprint density at radius 3 is 2.74 bits per heavy atom. The SMILES string of the molecule is Cc1cc(NCCc2nc(C(C)C)no2)nc(-c2cccc([N+](=O)[O-])c2)n1. The van der Waals surface area contributed by atoms with Gasteiger partial charge >= 0.3 is 0 Å². The Morgan fingerprint density at radius 2 is 2.04 bits per heavy atom. The third kappa shape index (κ3) is 4.63. The lowest BCUT2D eigenvalue weighted by Crippen LogP contribution is -2.08. The molecule has 0 saturated carbocycles. The van der Waals surface area contributed by atoms with E-state index in [0.29, 0.717) is 41.9 Å². The summed E-state index contributed by atoms with van der Waals surface area (Å²) >= 11 is 0. The van der Waals surface area contributed by atoms with E-state index in [9.17, 15) is 10.1 Å². The maximum Gasteiger partial charge on any atom is 0.270 e. The van der Waals surface area contributed by atoms with E-state index in [0.717, 1.165) is 5.69 Å².